The summed E-state index contributed by atoms with van der Waals surface area (Å²) in [7, 11) is 1.71. The third-order valence-corrected chi connectivity index (χ3v) is 5.59. The number of hydrogen-bond donors (Lipinski definition) is 1. The van der Waals surface area contributed by atoms with Crippen LogP contribution in [0.15, 0.2) is 53.3 Å². The highest BCUT2D eigenvalue weighted by molar-refractivity contribution is 5.58. The number of hydrogen-bond acceptors (Lipinski definition) is 7. The maximum absolute atomic E-state index is 5.52. The summed E-state index contributed by atoms with van der Waals surface area (Å²) in [6.07, 6.45) is 5.49. The predicted molar refractivity (Wildman–Crippen MR) is 118 cm³/mol. The molecule has 0 saturated carbocycles. The van der Waals surface area contributed by atoms with Crippen molar-refractivity contribution in [1.29, 1.82) is 0 Å². The summed E-state index contributed by atoms with van der Waals surface area (Å²) in [5.74, 6) is 1.87. The Morgan fingerprint density at radius 3 is 2.90 bits per heavy atom. The molecule has 1 aromatic carbocycles. The van der Waals surface area contributed by atoms with Gasteiger partial charge in [0.15, 0.2) is 11.4 Å². The molecule has 0 amide bonds. The highest BCUT2D eigenvalue weighted by atomic mass is 16.5. The summed E-state index contributed by atoms with van der Waals surface area (Å²) in [4.78, 5) is 11.9. The maximum Gasteiger partial charge on any atom is 0.225 e. The minimum atomic E-state index is 0.559. The molecule has 0 spiro atoms. The highest BCUT2D eigenvalue weighted by Gasteiger charge is 2.20. The average Bonchev–Trinajstić information content (AvgIpc) is 3.48. The smallest absolute Gasteiger partial charge is 0.225 e. The van der Waals surface area contributed by atoms with E-state index in [2.05, 4.69) is 44.6 Å². The number of anilines is 1. The first-order valence-corrected chi connectivity index (χ1v) is 10.6. The third kappa shape index (κ3) is 4.17. The van der Waals surface area contributed by atoms with Crippen molar-refractivity contribution in [3.63, 3.8) is 0 Å². The molecule has 0 aliphatic carbocycles. The molecule has 0 atom stereocenters. The number of methoxy groups -OCH3 is 1. The second-order valence-electron chi connectivity index (χ2n) is 7.76. The summed E-state index contributed by atoms with van der Waals surface area (Å²) in [6, 6.07) is 12.4. The predicted octanol–water partition coefficient (Wildman–Crippen LogP) is 3.39. The molecule has 4 heterocycles. The zero-order valence-electron chi connectivity index (χ0n) is 17.6. The molecular weight excluding hydrogens is 392 g/mol. The minimum Gasteiger partial charge on any atom is -0.461 e. The van der Waals surface area contributed by atoms with E-state index in [9.17, 15) is 0 Å². The fourth-order valence-electron chi connectivity index (χ4n) is 4.01. The molecule has 1 N–H and O–H groups in total. The second-order valence-corrected chi connectivity index (χ2v) is 7.76. The van der Waals surface area contributed by atoms with E-state index >= 15 is 0 Å². The number of benzene rings is 1. The average molecular weight is 419 g/mol. The Balaban J connectivity index is 1.44. The van der Waals surface area contributed by atoms with E-state index < -0.39 is 0 Å². The summed E-state index contributed by atoms with van der Waals surface area (Å²) in [5.41, 5.74) is 4.69. The molecule has 31 heavy (non-hydrogen) atoms. The molecule has 4 aromatic rings. The Kier molecular flexibility index (Phi) is 5.64. The van der Waals surface area contributed by atoms with Gasteiger partial charge < -0.3 is 14.5 Å². The maximum atomic E-state index is 5.52. The molecule has 0 radical (unpaired) electrons. The van der Waals surface area contributed by atoms with Crippen LogP contribution < -0.4 is 5.32 Å². The lowest BCUT2D eigenvalue weighted by atomic mass is 10.00. The summed E-state index contributed by atoms with van der Waals surface area (Å²) in [6.45, 7) is 4.15. The van der Waals surface area contributed by atoms with E-state index in [1.54, 1.807) is 17.9 Å². The van der Waals surface area contributed by atoms with Gasteiger partial charge in [0.25, 0.3) is 0 Å². The normalized spacial score (nSPS) is 14.1. The molecule has 8 heteroatoms. The monoisotopic (exact) mass is 418 g/mol. The second kappa shape index (κ2) is 8.87. The van der Waals surface area contributed by atoms with Gasteiger partial charge in [-0.15, -0.1) is 5.10 Å². The highest BCUT2D eigenvalue weighted by Crippen LogP contribution is 2.24. The van der Waals surface area contributed by atoms with Gasteiger partial charge in [-0.1, -0.05) is 24.3 Å². The molecule has 160 valence electrons. The van der Waals surface area contributed by atoms with E-state index in [0.717, 1.165) is 50.2 Å². The molecule has 8 nitrogen and oxygen atoms in total. The van der Waals surface area contributed by atoms with Crippen LogP contribution in [0.1, 0.15) is 23.1 Å². The Labute approximate surface area is 180 Å². The van der Waals surface area contributed by atoms with Gasteiger partial charge in [-0.25, -0.2) is 9.97 Å². The Bertz CT molecular complexity index is 1150. The first-order valence-electron chi connectivity index (χ1n) is 10.6. The lowest BCUT2D eigenvalue weighted by Crippen LogP contribution is -2.30. The number of ether oxygens (including phenoxy) is 1. The Morgan fingerprint density at radius 2 is 2.06 bits per heavy atom. The Morgan fingerprint density at radius 1 is 1.16 bits per heavy atom. The fourth-order valence-corrected chi connectivity index (χ4v) is 4.01. The van der Waals surface area contributed by atoms with Crippen LogP contribution in [0.4, 0.5) is 5.95 Å². The largest absolute Gasteiger partial charge is 0.461 e. The quantitative estimate of drug-likeness (QED) is 0.439. The van der Waals surface area contributed by atoms with Crippen LogP contribution in [0.25, 0.3) is 17.2 Å². The molecule has 1 aliphatic heterocycles. The molecule has 1 aliphatic rings. The van der Waals surface area contributed by atoms with Crippen molar-refractivity contribution < 1.29 is 9.15 Å². The minimum absolute atomic E-state index is 0.559. The SMILES string of the molecule is COCCCNc1ncc(CN2CCc3ccccc3C2)c2nc(-c3ccco3)nn12. The molecule has 5 rings (SSSR count). The zero-order valence-corrected chi connectivity index (χ0v) is 17.6. The molecule has 0 fully saturated rings. The summed E-state index contributed by atoms with van der Waals surface area (Å²) in [5, 5.41) is 8.03. The number of nitrogens with one attached hydrogen (secondary N) is 1. The number of furan rings is 1. The standard InChI is InChI=1S/C23H26N6O2/c1-30-12-5-10-24-23-25-14-19(16-28-11-9-17-6-2-3-7-18(17)15-28)22-26-21(27-29(22)23)20-8-4-13-31-20/h2-4,6-8,13-14H,5,9-12,15-16H2,1H3,(H,24,25). The van der Waals surface area contributed by atoms with Crippen LogP contribution in [0.2, 0.25) is 0 Å². The number of rotatable bonds is 8. The third-order valence-electron chi connectivity index (χ3n) is 5.59. The number of aromatic nitrogens is 4. The van der Waals surface area contributed by atoms with Gasteiger partial charge in [-0.3, -0.25) is 4.90 Å². The van der Waals surface area contributed by atoms with Gasteiger partial charge in [0.1, 0.15) is 0 Å². The number of fused-ring (bicyclic) bond motifs is 2. The fraction of sp³-hybridized carbons (Fsp3) is 0.348. The van der Waals surface area contributed by atoms with Crippen LogP contribution in [-0.2, 0) is 24.2 Å². The molecule has 3 aromatic heterocycles. The van der Waals surface area contributed by atoms with Gasteiger partial charge in [0, 0.05) is 51.7 Å². The molecule has 0 saturated heterocycles. The van der Waals surface area contributed by atoms with Crippen molar-refractivity contribution in [2.75, 3.05) is 32.1 Å². The first kappa shape index (κ1) is 19.7. The van der Waals surface area contributed by atoms with Gasteiger partial charge in [-0.05, 0) is 36.1 Å². The van der Waals surface area contributed by atoms with Crippen molar-refractivity contribution in [3.8, 4) is 11.6 Å². The van der Waals surface area contributed by atoms with Crippen molar-refractivity contribution in [3.05, 3.63) is 65.5 Å². The molecular formula is C23H26N6O2. The van der Waals surface area contributed by atoms with Crippen molar-refractivity contribution in [1.82, 2.24) is 24.5 Å². The van der Waals surface area contributed by atoms with Crippen LogP contribution >= 0.6 is 0 Å². The van der Waals surface area contributed by atoms with E-state index in [-0.39, 0.29) is 0 Å². The lowest BCUT2D eigenvalue weighted by Gasteiger charge is -2.28. The van der Waals surface area contributed by atoms with Crippen LogP contribution in [-0.4, -0.2) is 51.3 Å². The number of nitrogens with zero attached hydrogens (tertiary/aromatic N) is 5. The van der Waals surface area contributed by atoms with Crippen LogP contribution in [0.5, 0.6) is 0 Å². The lowest BCUT2D eigenvalue weighted by molar-refractivity contribution is 0.197. The van der Waals surface area contributed by atoms with Crippen molar-refractivity contribution in [2.45, 2.75) is 25.9 Å². The van der Waals surface area contributed by atoms with Crippen LogP contribution in [0, 0.1) is 0 Å². The van der Waals surface area contributed by atoms with Gasteiger partial charge in [-0.2, -0.15) is 4.52 Å². The zero-order chi connectivity index (χ0) is 21.0. The van der Waals surface area contributed by atoms with E-state index in [0.29, 0.717) is 24.1 Å². The van der Waals surface area contributed by atoms with E-state index in [1.807, 2.05) is 18.3 Å². The first-order chi connectivity index (χ1) is 15.3. The van der Waals surface area contributed by atoms with Crippen molar-refractivity contribution in [2.24, 2.45) is 0 Å². The molecule has 0 bridgehead atoms. The van der Waals surface area contributed by atoms with Gasteiger partial charge >= 0.3 is 0 Å². The van der Waals surface area contributed by atoms with E-state index in [4.69, 9.17) is 14.1 Å². The van der Waals surface area contributed by atoms with Crippen molar-refractivity contribution >= 4 is 11.6 Å². The Hall–Kier alpha value is -3.23. The van der Waals surface area contributed by atoms with Crippen LogP contribution in [0.3, 0.4) is 0 Å². The van der Waals surface area contributed by atoms with Gasteiger partial charge in [0.05, 0.1) is 6.26 Å². The van der Waals surface area contributed by atoms with E-state index in [1.165, 1.54) is 11.1 Å². The summed E-state index contributed by atoms with van der Waals surface area (Å²) >= 11 is 0. The van der Waals surface area contributed by atoms with Gasteiger partial charge in [0.2, 0.25) is 11.8 Å². The summed E-state index contributed by atoms with van der Waals surface area (Å²) < 4.78 is 12.5. The topological polar surface area (TPSA) is 80.7 Å². The molecule has 0 unspecified atom stereocenters.